The second kappa shape index (κ2) is 8.53. The van der Waals surface area contributed by atoms with Crippen molar-refractivity contribution in [1.82, 2.24) is 5.32 Å². The molecular weight excluding hydrogens is 292 g/mol. The lowest BCUT2D eigenvalue weighted by atomic mass is 10.1. The highest BCUT2D eigenvalue weighted by molar-refractivity contribution is 7.98. The number of carbonyl (C=O) groups excluding carboxylic acids is 1. The lowest BCUT2D eigenvalue weighted by molar-refractivity contribution is -0.142. The largest absolute Gasteiger partial charge is 0.508 e. The summed E-state index contributed by atoms with van der Waals surface area (Å²) >= 11 is 1.58. The number of amides is 1. The van der Waals surface area contributed by atoms with E-state index in [1.54, 1.807) is 23.9 Å². The molecule has 0 aromatic heterocycles. The van der Waals surface area contributed by atoms with Gasteiger partial charge in [0.05, 0.1) is 6.04 Å². The molecule has 0 aliphatic carbocycles. The van der Waals surface area contributed by atoms with Gasteiger partial charge in [-0.05, 0) is 36.1 Å². The third-order valence-corrected chi connectivity index (χ3v) is 3.60. The van der Waals surface area contributed by atoms with Crippen molar-refractivity contribution in [2.45, 2.75) is 24.9 Å². The minimum absolute atomic E-state index is 0.105. The number of phenolic OH excluding ortho intramolecular Hbond substituents is 1. The number of carboxylic acids is 1. The number of nitrogens with two attached hydrogens (primary N) is 1. The molecule has 0 radical (unpaired) electrons. The molecule has 0 saturated carbocycles. The van der Waals surface area contributed by atoms with E-state index in [1.807, 2.05) is 6.26 Å². The predicted molar refractivity (Wildman–Crippen MR) is 82.4 cm³/mol. The van der Waals surface area contributed by atoms with Crippen molar-refractivity contribution in [2.24, 2.45) is 5.73 Å². The highest BCUT2D eigenvalue weighted by Gasteiger charge is 2.23. The monoisotopic (exact) mass is 312 g/mol. The molecule has 2 atom stereocenters. The van der Waals surface area contributed by atoms with Gasteiger partial charge in [0.2, 0.25) is 5.91 Å². The zero-order valence-electron chi connectivity index (χ0n) is 11.8. The molecule has 0 heterocycles. The predicted octanol–water partition coefficient (Wildman–Crippen LogP) is 0.584. The fraction of sp³-hybridized carbons (Fsp3) is 0.429. The number of phenols is 1. The maximum Gasteiger partial charge on any atom is 0.326 e. The lowest BCUT2D eigenvalue weighted by Crippen LogP contribution is -2.49. The Bertz CT molecular complexity index is 478. The van der Waals surface area contributed by atoms with Crippen LogP contribution >= 0.6 is 11.8 Å². The molecule has 0 bridgehead atoms. The molecule has 5 N–H and O–H groups in total. The van der Waals surface area contributed by atoms with Gasteiger partial charge in [-0.25, -0.2) is 4.79 Å². The van der Waals surface area contributed by atoms with Gasteiger partial charge in [-0.15, -0.1) is 0 Å². The minimum atomic E-state index is -1.12. The molecule has 7 heteroatoms. The van der Waals surface area contributed by atoms with Crippen LogP contribution in [0.25, 0.3) is 0 Å². The van der Waals surface area contributed by atoms with E-state index >= 15 is 0 Å². The number of benzene rings is 1. The van der Waals surface area contributed by atoms with E-state index in [9.17, 15) is 19.8 Å². The van der Waals surface area contributed by atoms with Crippen molar-refractivity contribution in [1.29, 1.82) is 0 Å². The number of thioether (sulfide) groups is 1. The van der Waals surface area contributed by atoms with E-state index in [1.165, 1.54) is 12.1 Å². The van der Waals surface area contributed by atoms with Crippen LogP contribution in [0.3, 0.4) is 0 Å². The van der Waals surface area contributed by atoms with Gasteiger partial charge in [-0.3, -0.25) is 4.79 Å². The number of hydrogen-bond acceptors (Lipinski definition) is 5. The quantitative estimate of drug-likeness (QED) is 0.559. The van der Waals surface area contributed by atoms with Crippen molar-refractivity contribution in [3.05, 3.63) is 29.8 Å². The molecule has 0 spiro atoms. The van der Waals surface area contributed by atoms with E-state index in [0.29, 0.717) is 12.0 Å². The molecule has 116 valence electrons. The Morgan fingerprint density at radius 2 is 1.95 bits per heavy atom. The van der Waals surface area contributed by atoms with Crippen molar-refractivity contribution < 1.29 is 19.8 Å². The number of hydrogen-bond donors (Lipinski definition) is 4. The summed E-state index contributed by atoms with van der Waals surface area (Å²) in [5.74, 6) is -0.734. The first kappa shape index (κ1) is 17.3. The second-order valence-electron chi connectivity index (χ2n) is 4.66. The molecule has 21 heavy (non-hydrogen) atoms. The smallest absolute Gasteiger partial charge is 0.326 e. The fourth-order valence-electron chi connectivity index (χ4n) is 1.72. The van der Waals surface area contributed by atoms with Crippen LogP contribution in [0.15, 0.2) is 24.3 Å². The summed E-state index contributed by atoms with van der Waals surface area (Å²) in [6, 6.07) is 4.43. The minimum Gasteiger partial charge on any atom is -0.508 e. The van der Waals surface area contributed by atoms with E-state index in [0.717, 1.165) is 5.75 Å². The Hall–Kier alpha value is -1.73. The van der Waals surface area contributed by atoms with Gasteiger partial charge in [-0.2, -0.15) is 11.8 Å². The molecule has 6 nitrogen and oxygen atoms in total. The Balaban J connectivity index is 2.63. The van der Waals surface area contributed by atoms with E-state index < -0.39 is 24.0 Å². The van der Waals surface area contributed by atoms with Crippen LogP contribution in [0.1, 0.15) is 12.0 Å². The number of aliphatic carboxylic acids is 1. The highest BCUT2D eigenvalue weighted by atomic mass is 32.2. The van der Waals surface area contributed by atoms with Crippen molar-refractivity contribution >= 4 is 23.6 Å². The Labute approximate surface area is 127 Å². The molecular formula is C14H20N2O4S. The van der Waals surface area contributed by atoms with Crippen LogP contribution in [0.4, 0.5) is 0 Å². The Morgan fingerprint density at radius 3 is 2.48 bits per heavy atom. The van der Waals surface area contributed by atoms with Crippen molar-refractivity contribution in [3.8, 4) is 5.75 Å². The van der Waals surface area contributed by atoms with Gasteiger partial charge in [0.1, 0.15) is 11.8 Å². The summed E-state index contributed by atoms with van der Waals surface area (Å²) in [5, 5.41) is 20.8. The van der Waals surface area contributed by atoms with Gasteiger partial charge in [0, 0.05) is 6.42 Å². The van der Waals surface area contributed by atoms with Gasteiger partial charge < -0.3 is 21.3 Å². The molecule has 1 aromatic carbocycles. The second-order valence-corrected chi connectivity index (χ2v) is 5.64. The third kappa shape index (κ3) is 6.05. The molecule has 0 saturated heterocycles. The Kier molecular flexibility index (Phi) is 7.04. The number of rotatable bonds is 8. The average Bonchev–Trinajstić information content (AvgIpc) is 2.45. The fourth-order valence-corrected chi connectivity index (χ4v) is 2.21. The molecule has 0 aliphatic rings. The molecule has 0 fully saturated rings. The van der Waals surface area contributed by atoms with Crippen LogP contribution in [0.2, 0.25) is 0 Å². The molecule has 0 aliphatic heterocycles. The van der Waals surface area contributed by atoms with E-state index in [2.05, 4.69) is 5.32 Å². The normalized spacial score (nSPS) is 13.4. The summed E-state index contributed by atoms with van der Waals surface area (Å²) < 4.78 is 0. The zero-order chi connectivity index (χ0) is 15.8. The van der Waals surface area contributed by atoms with Crippen molar-refractivity contribution in [3.63, 3.8) is 0 Å². The summed E-state index contributed by atoms with van der Waals surface area (Å²) in [5.41, 5.74) is 6.42. The standard InChI is InChI=1S/C14H20N2O4S/c1-21-7-6-11(15)13(18)16-12(14(19)20)8-9-2-4-10(17)5-3-9/h2-5,11-12,17H,6-8,15H2,1H3,(H,16,18)(H,19,20)/t11-,12+/m0/s1. The van der Waals surface area contributed by atoms with E-state index in [-0.39, 0.29) is 12.2 Å². The molecule has 0 unspecified atom stereocenters. The number of nitrogens with one attached hydrogen (secondary N) is 1. The van der Waals surface area contributed by atoms with Crippen LogP contribution in [0, 0.1) is 0 Å². The van der Waals surface area contributed by atoms with E-state index in [4.69, 9.17) is 5.73 Å². The van der Waals surface area contributed by atoms with Gasteiger partial charge in [0.25, 0.3) is 0 Å². The van der Waals surface area contributed by atoms with Gasteiger partial charge in [-0.1, -0.05) is 12.1 Å². The first-order valence-corrected chi connectivity index (χ1v) is 7.89. The van der Waals surface area contributed by atoms with Gasteiger partial charge in [0.15, 0.2) is 0 Å². The molecule has 1 amide bonds. The maximum absolute atomic E-state index is 11.9. The first-order valence-electron chi connectivity index (χ1n) is 6.49. The van der Waals surface area contributed by atoms with Crippen molar-refractivity contribution in [2.75, 3.05) is 12.0 Å². The third-order valence-electron chi connectivity index (χ3n) is 2.96. The summed E-state index contributed by atoms with van der Waals surface area (Å²) in [6.45, 7) is 0. The Morgan fingerprint density at radius 1 is 1.33 bits per heavy atom. The van der Waals surface area contributed by atoms with Crippen LogP contribution in [-0.4, -0.2) is 46.2 Å². The first-order chi connectivity index (χ1) is 9.93. The van der Waals surface area contributed by atoms with Crippen LogP contribution < -0.4 is 11.1 Å². The summed E-state index contributed by atoms with van der Waals surface area (Å²) in [7, 11) is 0. The molecule has 1 rings (SSSR count). The number of carbonyl (C=O) groups is 2. The van der Waals surface area contributed by atoms with Gasteiger partial charge >= 0.3 is 5.97 Å². The average molecular weight is 312 g/mol. The number of carboxylic acid groups (broad SMARTS) is 1. The lowest BCUT2D eigenvalue weighted by Gasteiger charge is -2.17. The topological polar surface area (TPSA) is 113 Å². The highest BCUT2D eigenvalue weighted by Crippen LogP contribution is 2.11. The van der Waals surface area contributed by atoms with Crippen LogP contribution in [-0.2, 0) is 16.0 Å². The number of aromatic hydroxyl groups is 1. The summed E-state index contributed by atoms with van der Waals surface area (Å²) in [4.78, 5) is 23.1. The molecule has 1 aromatic rings. The zero-order valence-corrected chi connectivity index (χ0v) is 12.6. The maximum atomic E-state index is 11.9. The van der Waals surface area contributed by atoms with Crippen LogP contribution in [0.5, 0.6) is 5.75 Å². The SMILES string of the molecule is CSCC[C@H](N)C(=O)N[C@H](Cc1ccc(O)cc1)C(=O)O. The summed E-state index contributed by atoms with van der Waals surface area (Å²) in [6.07, 6.45) is 2.55.